The van der Waals surface area contributed by atoms with Crippen LogP contribution in [-0.4, -0.2) is 31.9 Å². The van der Waals surface area contributed by atoms with Gasteiger partial charge in [0.15, 0.2) is 4.90 Å². The van der Waals surface area contributed by atoms with Crippen LogP contribution in [0, 0.1) is 0 Å². The Morgan fingerprint density at radius 3 is 1.70 bits per heavy atom. The Morgan fingerprint density at radius 1 is 0.758 bits per heavy atom. The molecular formula is C22H21F6O3SSb. The zero-order chi connectivity index (χ0) is 24.6. The van der Waals surface area contributed by atoms with E-state index in [1.165, 1.54) is 10.5 Å². The van der Waals surface area contributed by atoms with Crippen LogP contribution in [0.5, 0.6) is 5.75 Å². The number of hydrogen-bond acceptors (Lipinski definition) is 3. The first-order valence-electron chi connectivity index (χ1n) is 9.37. The predicted octanol–water partition coefficient (Wildman–Crippen LogP) is 7.35. The zero-order valence-electron chi connectivity index (χ0n) is 17.3. The number of carbonyl (C=O) groups excluding carboxylic acids is 1. The van der Waals surface area contributed by atoms with Gasteiger partial charge in [0.1, 0.15) is 24.4 Å². The maximum absolute atomic E-state index is 11.8. The molecule has 1 atom stereocenters. The standard InChI is InChI=1S/C22H21O3S.6FH.Sb/c1-26(17-19-10-6-3-7-11-19)21-14-12-20(13-15-21)25-22(23)24-16-18-8-4-2-5-9-18;;;;;;;/h2-15H,16-17H2,1H3;6*1H;/q+1;;;;;;;+5/p-6. The van der Waals surface area contributed by atoms with Gasteiger partial charge in [-0.3, -0.25) is 0 Å². The van der Waals surface area contributed by atoms with Gasteiger partial charge in [0, 0.05) is 16.5 Å². The van der Waals surface area contributed by atoms with Crippen molar-refractivity contribution in [1.82, 2.24) is 0 Å². The Balaban J connectivity index is 0.000000479. The molecule has 0 fully saturated rings. The Bertz CT molecular complexity index is 1020. The van der Waals surface area contributed by atoms with Crippen LogP contribution in [0.15, 0.2) is 89.8 Å². The van der Waals surface area contributed by atoms with E-state index in [2.05, 4.69) is 30.5 Å². The van der Waals surface area contributed by atoms with Crippen LogP contribution in [0.4, 0.5) is 21.7 Å². The molecule has 0 N–H and O–H groups in total. The van der Waals surface area contributed by atoms with Gasteiger partial charge in [-0.1, -0.05) is 60.7 Å². The van der Waals surface area contributed by atoms with E-state index in [0.29, 0.717) is 5.75 Å². The number of hydrogen-bond donors (Lipinski definition) is 0. The fourth-order valence-corrected chi connectivity index (χ4v) is 3.95. The topological polar surface area (TPSA) is 35.5 Å². The van der Waals surface area contributed by atoms with E-state index in [1.54, 1.807) is 0 Å². The summed E-state index contributed by atoms with van der Waals surface area (Å²) in [6.07, 6.45) is 1.53. The molecule has 0 amide bonds. The molecule has 0 bridgehead atoms. The molecule has 3 nitrogen and oxygen atoms in total. The Labute approximate surface area is 192 Å². The maximum atomic E-state index is 11.8. The molecule has 0 aliphatic heterocycles. The second-order valence-electron chi connectivity index (χ2n) is 6.82. The molecule has 0 saturated heterocycles. The molecule has 3 rings (SSSR count). The third-order valence-corrected chi connectivity index (χ3v) is 5.70. The Hall–Kier alpha value is -2.32. The van der Waals surface area contributed by atoms with E-state index in [9.17, 15) is 21.7 Å². The SMILES string of the molecule is C[S+](Cc1ccccc1)c1ccc(OC(=O)OCc2ccccc2)cc1.[F][Sb-]([F])([F])([F])([F])[F]. The van der Waals surface area contributed by atoms with Gasteiger partial charge < -0.3 is 9.47 Å². The van der Waals surface area contributed by atoms with Crippen LogP contribution in [0.25, 0.3) is 0 Å². The van der Waals surface area contributed by atoms with Gasteiger partial charge in [-0.2, -0.15) is 0 Å². The molecule has 1 unspecified atom stereocenters. The first kappa shape index (κ1) is 26.9. The average Bonchev–Trinajstić information content (AvgIpc) is 2.72. The van der Waals surface area contributed by atoms with E-state index in [0.717, 1.165) is 11.3 Å². The average molecular weight is 601 g/mol. The summed E-state index contributed by atoms with van der Waals surface area (Å²) >= 11 is -11.2. The third kappa shape index (κ3) is 13.7. The van der Waals surface area contributed by atoms with Crippen molar-refractivity contribution in [2.75, 3.05) is 6.26 Å². The summed E-state index contributed by atoms with van der Waals surface area (Å²) in [5.41, 5.74) is 2.25. The quantitative estimate of drug-likeness (QED) is 0.0976. The van der Waals surface area contributed by atoms with Crippen molar-refractivity contribution in [3.8, 4) is 5.75 Å². The van der Waals surface area contributed by atoms with E-state index in [1.807, 2.05) is 60.7 Å². The summed E-state index contributed by atoms with van der Waals surface area (Å²) in [6.45, 7) is 0.202. The summed E-state index contributed by atoms with van der Waals surface area (Å²) in [5, 5.41) is 0. The molecule has 3 aromatic rings. The van der Waals surface area contributed by atoms with Crippen molar-refractivity contribution in [1.29, 1.82) is 0 Å². The molecule has 180 valence electrons. The predicted molar refractivity (Wildman–Crippen MR) is 118 cm³/mol. The molecule has 0 spiro atoms. The van der Waals surface area contributed by atoms with E-state index < -0.39 is 25.6 Å². The van der Waals surface area contributed by atoms with Gasteiger partial charge in [-0.15, -0.1) is 0 Å². The van der Waals surface area contributed by atoms with Gasteiger partial charge in [0.05, 0.1) is 0 Å². The summed E-state index contributed by atoms with van der Waals surface area (Å²) in [4.78, 5) is 13.0. The van der Waals surface area contributed by atoms with Crippen LogP contribution in [0.1, 0.15) is 11.1 Å². The van der Waals surface area contributed by atoms with Crippen molar-refractivity contribution < 1.29 is 31.1 Å². The molecular weight excluding hydrogens is 580 g/mol. The van der Waals surface area contributed by atoms with E-state index in [-0.39, 0.29) is 17.5 Å². The van der Waals surface area contributed by atoms with Crippen molar-refractivity contribution in [3.05, 3.63) is 96.1 Å². The van der Waals surface area contributed by atoms with Crippen LogP contribution >= 0.6 is 0 Å². The molecule has 0 radical (unpaired) electrons. The number of halogens is 6. The first-order valence-corrected chi connectivity index (χ1v) is 17.0. The summed E-state index contributed by atoms with van der Waals surface area (Å²) < 4.78 is 69.9. The van der Waals surface area contributed by atoms with Gasteiger partial charge in [-0.25, -0.2) is 4.79 Å². The number of ether oxygens (including phenoxy) is 2. The fourth-order valence-electron chi connectivity index (χ4n) is 2.49. The molecule has 0 aromatic heterocycles. The van der Waals surface area contributed by atoms with Crippen molar-refractivity contribution in [2.24, 2.45) is 0 Å². The van der Waals surface area contributed by atoms with Crippen molar-refractivity contribution in [2.45, 2.75) is 17.3 Å². The molecule has 0 saturated carbocycles. The summed E-state index contributed by atoms with van der Waals surface area (Å²) in [5.74, 6) is 1.49. The normalized spacial score (nSPS) is 14.0. The molecule has 0 aliphatic carbocycles. The second-order valence-corrected chi connectivity index (χ2v) is 14.3. The monoisotopic (exact) mass is 600 g/mol. The van der Waals surface area contributed by atoms with Crippen LogP contribution in [-0.2, 0) is 28.0 Å². The van der Waals surface area contributed by atoms with Crippen molar-refractivity contribution in [3.63, 3.8) is 0 Å². The van der Waals surface area contributed by atoms with Gasteiger partial charge in [-0.05, 0) is 29.8 Å². The van der Waals surface area contributed by atoms with Gasteiger partial charge in [0.25, 0.3) is 0 Å². The molecule has 11 heteroatoms. The Morgan fingerprint density at radius 2 is 1.21 bits per heavy atom. The number of rotatable bonds is 6. The van der Waals surface area contributed by atoms with Crippen LogP contribution in [0.2, 0.25) is 0 Å². The number of carbonyl (C=O) groups is 1. The Kier molecular flexibility index (Phi) is 8.41. The van der Waals surface area contributed by atoms with Crippen LogP contribution in [0.3, 0.4) is 0 Å². The fraction of sp³-hybridized carbons (Fsp3) is 0.136. The summed E-state index contributed by atoms with van der Waals surface area (Å²) in [6, 6.07) is 27.6. The zero-order valence-corrected chi connectivity index (χ0v) is 20.7. The van der Waals surface area contributed by atoms with E-state index >= 15 is 0 Å². The molecule has 0 aliphatic rings. The van der Waals surface area contributed by atoms with Crippen LogP contribution < -0.4 is 4.74 Å². The molecule has 0 heterocycles. The molecule has 33 heavy (non-hydrogen) atoms. The van der Waals surface area contributed by atoms with Gasteiger partial charge in [0.2, 0.25) is 0 Å². The first-order chi connectivity index (χ1) is 15.2. The van der Waals surface area contributed by atoms with Crippen molar-refractivity contribution >= 4 is 36.5 Å². The molecule has 3 aromatic carbocycles. The third-order valence-electron chi connectivity index (χ3n) is 3.85. The van der Waals surface area contributed by atoms with Gasteiger partial charge >= 0.3 is 42.5 Å². The summed E-state index contributed by atoms with van der Waals surface area (Å²) in [7, 11) is 0.0946. The number of benzene rings is 3. The minimum atomic E-state index is -11.2. The minimum absolute atomic E-state index is 0.0946. The second kappa shape index (κ2) is 10.3. The van der Waals surface area contributed by atoms with E-state index in [4.69, 9.17) is 9.47 Å².